The van der Waals surface area contributed by atoms with Crippen LogP contribution in [0.15, 0.2) is 36.5 Å². The van der Waals surface area contributed by atoms with Crippen molar-refractivity contribution in [2.45, 2.75) is 18.9 Å². The van der Waals surface area contributed by atoms with E-state index >= 15 is 0 Å². The second kappa shape index (κ2) is 4.81. The van der Waals surface area contributed by atoms with E-state index < -0.39 is 9.84 Å². The zero-order valence-corrected chi connectivity index (χ0v) is 11.4. The fourth-order valence-electron chi connectivity index (χ4n) is 2.56. The lowest BCUT2D eigenvalue weighted by molar-refractivity contribution is 0.561. The van der Waals surface area contributed by atoms with Gasteiger partial charge in [0.25, 0.3) is 0 Å². The number of nitrogens with one attached hydrogen (secondary N) is 1. The van der Waals surface area contributed by atoms with E-state index in [1.54, 1.807) is 6.20 Å². The standard InChI is InChI=1S/C14H16N2O2S/c17-19(18)9-3-5-12(10-19)16-14-13-6-2-1-4-11(13)7-8-15-14/h1-2,4,6-8,12H,3,5,9-10H2,(H,15,16). The first-order chi connectivity index (χ1) is 9.14. The number of sulfone groups is 1. The van der Waals surface area contributed by atoms with Crippen molar-refractivity contribution >= 4 is 26.4 Å². The minimum absolute atomic E-state index is 0.0305. The maximum absolute atomic E-state index is 11.7. The smallest absolute Gasteiger partial charge is 0.152 e. The molecule has 1 aliphatic rings. The molecule has 0 spiro atoms. The zero-order chi connectivity index (χ0) is 13.3. The van der Waals surface area contributed by atoms with Gasteiger partial charge in [-0.3, -0.25) is 0 Å². The average molecular weight is 276 g/mol. The SMILES string of the molecule is O=S1(=O)CCCC(Nc2nccc3ccccc23)C1. The van der Waals surface area contributed by atoms with Crippen molar-refractivity contribution < 1.29 is 8.42 Å². The Kier molecular flexibility index (Phi) is 3.14. The molecule has 0 bridgehead atoms. The van der Waals surface area contributed by atoms with E-state index in [4.69, 9.17) is 0 Å². The Hall–Kier alpha value is -1.62. The van der Waals surface area contributed by atoms with E-state index in [1.165, 1.54) is 0 Å². The summed E-state index contributed by atoms with van der Waals surface area (Å²) in [6.45, 7) is 0. The van der Waals surface area contributed by atoms with Gasteiger partial charge < -0.3 is 5.32 Å². The van der Waals surface area contributed by atoms with Crippen LogP contribution in [0.5, 0.6) is 0 Å². The Morgan fingerprint density at radius 1 is 1.21 bits per heavy atom. The molecule has 1 atom stereocenters. The van der Waals surface area contributed by atoms with Crippen molar-refractivity contribution in [1.82, 2.24) is 4.98 Å². The van der Waals surface area contributed by atoms with E-state index in [-0.39, 0.29) is 11.8 Å². The van der Waals surface area contributed by atoms with Gasteiger partial charge in [-0.2, -0.15) is 0 Å². The Balaban J connectivity index is 1.89. The van der Waals surface area contributed by atoms with Gasteiger partial charge in [0.05, 0.1) is 11.5 Å². The summed E-state index contributed by atoms with van der Waals surface area (Å²) in [5.41, 5.74) is 0. The van der Waals surface area contributed by atoms with Gasteiger partial charge in [0.15, 0.2) is 9.84 Å². The number of fused-ring (bicyclic) bond motifs is 1. The van der Waals surface area contributed by atoms with Crippen molar-refractivity contribution in [1.29, 1.82) is 0 Å². The largest absolute Gasteiger partial charge is 0.366 e. The average Bonchev–Trinajstić information content (AvgIpc) is 2.38. The number of hydrogen-bond donors (Lipinski definition) is 1. The summed E-state index contributed by atoms with van der Waals surface area (Å²) in [6.07, 6.45) is 3.36. The van der Waals surface area contributed by atoms with Crippen LogP contribution in [0.25, 0.3) is 10.8 Å². The molecular weight excluding hydrogens is 260 g/mol. The molecule has 3 rings (SSSR count). The highest BCUT2D eigenvalue weighted by Crippen LogP contribution is 2.23. The maximum atomic E-state index is 11.7. The van der Waals surface area contributed by atoms with Crippen molar-refractivity contribution in [2.24, 2.45) is 0 Å². The number of benzene rings is 1. The maximum Gasteiger partial charge on any atom is 0.152 e. The highest BCUT2D eigenvalue weighted by Gasteiger charge is 2.25. The number of aromatic nitrogens is 1. The highest BCUT2D eigenvalue weighted by molar-refractivity contribution is 7.91. The van der Waals surface area contributed by atoms with Crippen molar-refractivity contribution in [2.75, 3.05) is 16.8 Å². The lowest BCUT2D eigenvalue weighted by atomic mass is 10.1. The van der Waals surface area contributed by atoms with Crippen molar-refractivity contribution in [3.63, 3.8) is 0 Å². The van der Waals surface area contributed by atoms with Gasteiger partial charge in [0.2, 0.25) is 0 Å². The van der Waals surface area contributed by atoms with Gasteiger partial charge in [-0.25, -0.2) is 13.4 Å². The second-order valence-corrected chi connectivity index (χ2v) is 7.21. The number of pyridine rings is 1. The lowest BCUT2D eigenvalue weighted by Crippen LogP contribution is -2.35. The number of hydrogen-bond acceptors (Lipinski definition) is 4. The fraction of sp³-hybridized carbons (Fsp3) is 0.357. The summed E-state index contributed by atoms with van der Waals surface area (Å²) in [4.78, 5) is 4.34. The fourth-order valence-corrected chi connectivity index (χ4v) is 4.20. The molecule has 0 radical (unpaired) electrons. The topological polar surface area (TPSA) is 59.1 Å². The molecule has 0 saturated carbocycles. The minimum atomic E-state index is -2.90. The molecule has 0 amide bonds. The Labute approximate surface area is 112 Å². The van der Waals surface area contributed by atoms with Gasteiger partial charge in [-0.15, -0.1) is 0 Å². The summed E-state index contributed by atoms with van der Waals surface area (Å²) in [6, 6.07) is 9.90. The minimum Gasteiger partial charge on any atom is -0.366 e. The Morgan fingerprint density at radius 2 is 2.05 bits per heavy atom. The summed E-state index contributed by atoms with van der Waals surface area (Å²) in [7, 11) is -2.90. The third kappa shape index (κ3) is 2.71. The Bertz CT molecular complexity index is 692. The van der Waals surface area contributed by atoms with Gasteiger partial charge >= 0.3 is 0 Å². The molecule has 1 aromatic heterocycles. The predicted molar refractivity (Wildman–Crippen MR) is 77.0 cm³/mol. The molecule has 5 heteroatoms. The predicted octanol–water partition coefficient (Wildman–Crippen LogP) is 2.22. The molecule has 1 saturated heterocycles. The second-order valence-electron chi connectivity index (χ2n) is 4.98. The van der Waals surface area contributed by atoms with Crippen LogP contribution < -0.4 is 5.32 Å². The van der Waals surface area contributed by atoms with E-state index in [2.05, 4.69) is 10.3 Å². The third-order valence-electron chi connectivity index (χ3n) is 3.48. The lowest BCUT2D eigenvalue weighted by Gasteiger charge is -2.24. The molecule has 2 aromatic rings. The molecule has 4 nitrogen and oxygen atoms in total. The van der Waals surface area contributed by atoms with Gasteiger partial charge in [-0.1, -0.05) is 24.3 Å². The van der Waals surface area contributed by atoms with E-state index in [0.29, 0.717) is 5.75 Å². The van der Waals surface area contributed by atoms with Crippen LogP contribution in [-0.2, 0) is 9.84 Å². The van der Waals surface area contributed by atoms with Gasteiger partial charge in [0, 0.05) is 17.6 Å². The molecule has 2 heterocycles. The molecule has 1 unspecified atom stereocenters. The Morgan fingerprint density at radius 3 is 2.89 bits per heavy atom. The summed E-state index contributed by atoms with van der Waals surface area (Å²) >= 11 is 0. The van der Waals surface area contributed by atoms with Crippen LogP contribution in [0.1, 0.15) is 12.8 Å². The van der Waals surface area contributed by atoms with Crippen LogP contribution in [0.2, 0.25) is 0 Å². The molecule has 1 N–H and O–H groups in total. The van der Waals surface area contributed by atoms with E-state index in [9.17, 15) is 8.42 Å². The van der Waals surface area contributed by atoms with Crippen LogP contribution in [-0.4, -0.2) is 30.9 Å². The van der Waals surface area contributed by atoms with Crippen LogP contribution in [0, 0.1) is 0 Å². The zero-order valence-electron chi connectivity index (χ0n) is 10.5. The first-order valence-electron chi connectivity index (χ1n) is 6.45. The molecule has 0 aliphatic carbocycles. The van der Waals surface area contributed by atoms with E-state index in [0.717, 1.165) is 29.4 Å². The molecule has 19 heavy (non-hydrogen) atoms. The first kappa shape index (κ1) is 12.4. The molecule has 1 aliphatic heterocycles. The van der Waals surface area contributed by atoms with E-state index in [1.807, 2.05) is 30.3 Å². The van der Waals surface area contributed by atoms with Crippen LogP contribution >= 0.6 is 0 Å². The van der Waals surface area contributed by atoms with Crippen LogP contribution in [0.4, 0.5) is 5.82 Å². The quantitative estimate of drug-likeness (QED) is 0.913. The summed E-state index contributed by atoms with van der Waals surface area (Å²) < 4.78 is 23.3. The monoisotopic (exact) mass is 276 g/mol. The number of nitrogens with zero attached hydrogens (tertiary/aromatic N) is 1. The molecule has 1 aromatic carbocycles. The summed E-state index contributed by atoms with van der Waals surface area (Å²) in [5, 5.41) is 5.43. The number of rotatable bonds is 2. The highest BCUT2D eigenvalue weighted by atomic mass is 32.2. The first-order valence-corrected chi connectivity index (χ1v) is 8.27. The van der Waals surface area contributed by atoms with Crippen LogP contribution in [0.3, 0.4) is 0 Å². The van der Waals surface area contributed by atoms with Gasteiger partial charge in [0.1, 0.15) is 5.82 Å². The van der Waals surface area contributed by atoms with Gasteiger partial charge in [-0.05, 0) is 24.3 Å². The van der Waals surface area contributed by atoms with Crippen molar-refractivity contribution in [3.05, 3.63) is 36.5 Å². The summed E-state index contributed by atoms with van der Waals surface area (Å²) in [5.74, 6) is 1.30. The normalized spacial score (nSPS) is 22.2. The molecule has 100 valence electrons. The molecule has 1 fully saturated rings. The molecular formula is C14H16N2O2S. The third-order valence-corrected chi connectivity index (χ3v) is 5.30. The van der Waals surface area contributed by atoms with Crippen molar-refractivity contribution in [3.8, 4) is 0 Å². The number of anilines is 1.